The molecular formula is C34H41F5N2O4. The van der Waals surface area contributed by atoms with E-state index < -0.39 is 41.4 Å². The minimum atomic E-state index is -5.89. The molecule has 0 aromatic heterocycles. The highest BCUT2D eigenvalue weighted by Crippen LogP contribution is 2.70. The smallest absolute Gasteiger partial charge is 0.383 e. The molecule has 5 atom stereocenters. The zero-order valence-corrected chi connectivity index (χ0v) is 25.5. The van der Waals surface area contributed by atoms with E-state index in [1.807, 2.05) is 0 Å². The predicted octanol–water partition coefficient (Wildman–Crippen LogP) is 5.97. The largest absolute Gasteiger partial charge is 0.456 e. The number of ether oxygens (including phenoxy) is 1. The van der Waals surface area contributed by atoms with E-state index in [4.69, 9.17) is 4.74 Å². The van der Waals surface area contributed by atoms with Crippen LogP contribution in [0.25, 0.3) is 0 Å². The van der Waals surface area contributed by atoms with Gasteiger partial charge in [0.15, 0.2) is 5.78 Å². The summed E-state index contributed by atoms with van der Waals surface area (Å²) in [4.78, 5) is 27.4. The molecule has 0 bridgehead atoms. The van der Waals surface area contributed by atoms with Crippen LogP contribution in [0.1, 0.15) is 80.1 Å². The number of carbonyl (C=O) groups excluding carboxylic acids is 2. The van der Waals surface area contributed by atoms with Crippen LogP contribution in [0.2, 0.25) is 0 Å². The lowest BCUT2D eigenvalue weighted by molar-refractivity contribution is -0.362. The van der Waals surface area contributed by atoms with Crippen molar-refractivity contribution in [2.75, 3.05) is 39.4 Å². The van der Waals surface area contributed by atoms with Crippen molar-refractivity contribution in [2.24, 2.45) is 17.3 Å². The fraction of sp³-hybridized carbons (Fsp3) is 0.647. The Bertz CT molecular complexity index is 1380. The van der Waals surface area contributed by atoms with Gasteiger partial charge in [-0.2, -0.15) is 22.0 Å². The van der Waals surface area contributed by atoms with Crippen LogP contribution in [-0.4, -0.2) is 78.8 Å². The number of aliphatic hydroxyl groups is 1. The maximum absolute atomic E-state index is 15.2. The van der Waals surface area contributed by atoms with E-state index in [0.29, 0.717) is 56.6 Å². The number of halogens is 5. The molecule has 1 saturated heterocycles. The number of nitrogens with one attached hydrogen (secondary N) is 1. The molecular weight excluding hydrogens is 595 g/mol. The Kier molecular flexibility index (Phi) is 8.52. The number of alkyl halides is 5. The number of nitrogens with zero attached hydrogens (tertiary/aromatic N) is 1. The molecule has 11 heteroatoms. The number of hydrogen-bond acceptors (Lipinski definition) is 5. The van der Waals surface area contributed by atoms with Crippen molar-refractivity contribution in [2.45, 2.75) is 81.9 Å². The highest BCUT2D eigenvalue weighted by molar-refractivity contribution is 5.94. The fourth-order valence-corrected chi connectivity index (χ4v) is 9.01. The zero-order chi connectivity index (χ0) is 32.2. The van der Waals surface area contributed by atoms with Crippen molar-refractivity contribution < 1.29 is 41.4 Å². The first-order valence-electron chi connectivity index (χ1n) is 16.1. The minimum Gasteiger partial charge on any atom is -0.383 e. The van der Waals surface area contributed by atoms with Crippen LogP contribution >= 0.6 is 0 Å². The second kappa shape index (κ2) is 11.9. The quantitative estimate of drug-likeness (QED) is 0.285. The van der Waals surface area contributed by atoms with Crippen molar-refractivity contribution in [1.29, 1.82) is 0 Å². The number of benzene rings is 1. The summed E-state index contributed by atoms with van der Waals surface area (Å²) in [5, 5.41) is 14.4. The number of fused-ring (bicyclic) bond motifs is 4. The first-order valence-corrected chi connectivity index (χ1v) is 16.1. The Hall–Kier alpha value is -2.63. The molecule has 2 saturated carbocycles. The Morgan fingerprint density at radius 2 is 1.78 bits per heavy atom. The molecule has 0 radical (unpaired) electrons. The van der Waals surface area contributed by atoms with Gasteiger partial charge >= 0.3 is 12.1 Å². The molecule has 1 aliphatic heterocycles. The Balaban J connectivity index is 1.29. The Morgan fingerprint density at radius 3 is 2.47 bits per heavy atom. The van der Waals surface area contributed by atoms with Gasteiger partial charge in [0, 0.05) is 43.0 Å². The highest BCUT2D eigenvalue weighted by Gasteiger charge is 2.79. The predicted molar refractivity (Wildman–Crippen MR) is 157 cm³/mol. The van der Waals surface area contributed by atoms with E-state index in [-0.39, 0.29) is 30.4 Å². The molecule has 0 spiro atoms. The monoisotopic (exact) mass is 636 g/mol. The Morgan fingerprint density at radius 1 is 1.07 bits per heavy atom. The average molecular weight is 637 g/mol. The fourth-order valence-electron chi connectivity index (χ4n) is 9.01. The van der Waals surface area contributed by atoms with E-state index in [1.54, 1.807) is 30.3 Å². The first kappa shape index (κ1) is 32.3. The third kappa shape index (κ3) is 5.46. The number of ketones is 1. The molecule has 45 heavy (non-hydrogen) atoms. The topological polar surface area (TPSA) is 78.9 Å². The molecule has 6 nitrogen and oxygen atoms in total. The van der Waals surface area contributed by atoms with Crippen molar-refractivity contribution >= 4 is 11.7 Å². The standard InChI is InChI=1S/C34H41F5N2O4/c1-31-20-27(21-3-5-22(6-4-21)30(43)40-13-2-14-41-15-17-45-18-16-41)29-25-10-8-24(42)19-23(25)7-9-26(29)28(31)11-12-32(31,44)33(35,36)34(37,38)39/h3-6,19,26-28,44H,2,7-18,20H2,1H3,(H,40,43)/t26-,27+,28-,31-,32-/m0/s1. The maximum atomic E-state index is 15.2. The van der Waals surface area contributed by atoms with E-state index in [2.05, 4.69) is 10.2 Å². The van der Waals surface area contributed by atoms with Crippen LogP contribution in [0.15, 0.2) is 47.1 Å². The molecule has 246 valence electrons. The SMILES string of the molecule is C[C@]12C[C@H](c3ccc(C(=O)NCCCN4CCOCC4)cc3)C3=C4CCC(=O)C=C4CC[C@H]3[C@@H]1CC[C@@]2(O)C(F)(F)C(F)(F)F. The number of carbonyl (C=O) groups is 2. The summed E-state index contributed by atoms with van der Waals surface area (Å²) in [6.07, 6.45) is -2.22. The zero-order valence-electron chi connectivity index (χ0n) is 25.5. The number of morpholine rings is 1. The molecule has 5 aliphatic rings. The molecule has 3 fully saturated rings. The third-order valence-corrected chi connectivity index (χ3v) is 11.4. The van der Waals surface area contributed by atoms with Gasteiger partial charge in [-0.1, -0.05) is 24.6 Å². The second-order valence-electron chi connectivity index (χ2n) is 13.7. The van der Waals surface area contributed by atoms with Crippen molar-refractivity contribution in [3.63, 3.8) is 0 Å². The van der Waals surface area contributed by atoms with Gasteiger partial charge in [-0.3, -0.25) is 14.5 Å². The van der Waals surface area contributed by atoms with Crippen LogP contribution in [0, 0.1) is 17.3 Å². The maximum Gasteiger partial charge on any atom is 0.456 e. The molecule has 1 amide bonds. The first-order chi connectivity index (χ1) is 21.3. The number of allylic oxidation sites excluding steroid dienone is 4. The average Bonchev–Trinajstić information content (AvgIpc) is 3.30. The van der Waals surface area contributed by atoms with E-state index in [9.17, 15) is 27.9 Å². The minimum absolute atomic E-state index is 0.0327. The van der Waals surface area contributed by atoms with Gasteiger partial charge in [-0.25, -0.2) is 0 Å². The van der Waals surface area contributed by atoms with Crippen LogP contribution in [0.4, 0.5) is 22.0 Å². The molecule has 0 unspecified atom stereocenters. The van der Waals surface area contributed by atoms with Gasteiger partial charge in [0.2, 0.25) is 0 Å². The van der Waals surface area contributed by atoms with Crippen LogP contribution < -0.4 is 5.32 Å². The lowest BCUT2D eigenvalue weighted by Gasteiger charge is -2.56. The second-order valence-corrected chi connectivity index (χ2v) is 13.7. The van der Waals surface area contributed by atoms with Crippen LogP contribution in [0.3, 0.4) is 0 Å². The third-order valence-electron chi connectivity index (χ3n) is 11.4. The highest BCUT2D eigenvalue weighted by atomic mass is 19.4. The van der Waals surface area contributed by atoms with E-state index >= 15 is 8.78 Å². The summed E-state index contributed by atoms with van der Waals surface area (Å²) in [6.45, 7) is 5.91. The summed E-state index contributed by atoms with van der Waals surface area (Å²) >= 11 is 0. The van der Waals surface area contributed by atoms with Gasteiger partial charge in [0.25, 0.3) is 5.91 Å². The van der Waals surface area contributed by atoms with Gasteiger partial charge in [-0.05, 0) is 98.2 Å². The summed E-state index contributed by atoms with van der Waals surface area (Å²) in [6, 6.07) is 6.83. The summed E-state index contributed by atoms with van der Waals surface area (Å²) in [5.41, 5.74) is -0.903. The van der Waals surface area contributed by atoms with Crippen LogP contribution in [0.5, 0.6) is 0 Å². The normalized spacial score (nSPS) is 32.5. The van der Waals surface area contributed by atoms with Gasteiger partial charge < -0.3 is 15.2 Å². The lowest BCUT2D eigenvalue weighted by atomic mass is 9.50. The molecule has 2 N–H and O–H groups in total. The molecule has 4 aliphatic carbocycles. The van der Waals surface area contributed by atoms with E-state index in [1.165, 1.54) is 6.92 Å². The molecule has 1 heterocycles. The van der Waals surface area contributed by atoms with Crippen molar-refractivity contribution in [3.8, 4) is 0 Å². The lowest BCUT2D eigenvalue weighted by Crippen LogP contribution is -2.65. The van der Waals surface area contributed by atoms with Crippen LogP contribution in [-0.2, 0) is 9.53 Å². The number of hydrogen-bond donors (Lipinski definition) is 2. The van der Waals surface area contributed by atoms with Gasteiger partial charge in [0.1, 0.15) is 5.60 Å². The van der Waals surface area contributed by atoms with E-state index in [0.717, 1.165) is 42.8 Å². The summed E-state index contributed by atoms with van der Waals surface area (Å²) in [5.74, 6) is -6.88. The Labute approximate surface area is 260 Å². The molecule has 1 aromatic rings. The van der Waals surface area contributed by atoms with Crippen molar-refractivity contribution in [3.05, 3.63) is 58.2 Å². The number of rotatable bonds is 7. The van der Waals surface area contributed by atoms with Gasteiger partial charge in [0.05, 0.1) is 13.2 Å². The molecule has 1 aromatic carbocycles. The van der Waals surface area contributed by atoms with Gasteiger partial charge in [-0.15, -0.1) is 0 Å². The van der Waals surface area contributed by atoms with Crippen molar-refractivity contribution in [1.82, 2.24) is 10.2 Å². The summed E-state index contributed by atoms with van der Waals surface area (Å²) < 4.78 is 77.1. The molecule has 6 rings (SSSR count). The summed E-state index contributed by atoms with van der Waals surface area (Å²) in [7, 11) is 0. The number of amides is 1.